The second-order valence-electron chi connectivity index (χ2n) is 7.37. The molecule has 2 heterocycles. The van der Waals surface area contributed by atoms with E-state index in [0.29, 0.717) is 19.3 Å². The Hall–Kier alpha value is -1.43. The van der Waals surface area contributed by atoms with Crippen molar-refractivity contribution in [3.8, 4) is 0 Å². The first-order chi connectivity index (χ1) is 10.7. The number of Topliss-reactive ketones (excluding diaryl/α,β-unsaturated/α-hetero) is 1. The molecule has 0 aromatic carbocycles. The largest absolute Gasteiger partial charge is 0.468 e. The molecule has 0 unspecified atom stereocenters. The van der Waals surface area contributed by atoms with Crippen LogP contribution in [0.25, 0.3) is 0 Å². The monoisotopic (exact) mass is 324 g/mol. The number of carbonyl (C=O) groups excluding carboxylic acids is 3. The number of ether oxygens (including phenoxy) is 3. The number of methoxy groups -OCH3 is 1. The average molecular weight is 324 g/mol. The Bertz CT molecular complexity index is 586. The number of fused-ring (bicyclic) bond motifs is 1. The summed E-state index contributed by atoms with van der Waals surface area (Å²) in [6.45, 7) is 5.25. The number of rotatable bonds is 3. The van der Waals surface area contributed by atoms with Crippen LogP contribution >= 0.6 is 0 Å². The molecule has 3 aliphatic rings. The number of hydrogen-bond acceptors (Lipinski definition) is 6. The van der Waals surface area contributed by atoms with Crippen LogP contribution in [0.1, 0.15) is 52.9 Å². The van der Waals surface area contributed by atoms with Gasteiger partial charge in [0.25, 0.3) is 0 Å². The number of carbonyl (C=O) groups is 3. The summed E-state index contributed by atoms with van der Waals surface area (Å²) in [7, 11) is 1.26. The van der Waals surface area contributed by atoms with Gasteiger partial charge in [0.05, 0.1) is 24.7 Å². The second-order valence-corrected chi connectivity index (χ2v) is 7.37. The van der Waals surface area contributed by atoms with E-state index in [1.165, 1.54) is 7.11 Å². The number of hydrogen-bond donors (Lipinski definition) is 0. The summed E-state index contributed by atoms with van der Waals surface area (Å²) in [5.41, 5.74) is -4.75. The summed E-state index contributed by atoms with van der Waals surface area (Å²) < 4.78 is 16.3. The van der Waals surface area contributed by atoms with Gasteiger partial charge in [-0.25, -0.2) is 4.79 Å². The van der Waals surface area contributed by atoms with E-state index in [4.69, 9.17) is 14.2 Å². The Kier molecular flexibility index (Phi) is 3.42. The molecule has 23 heavy (non-hydrogen) atoms. The molecule has 2 bridgehead atoms. The van der Waals surface area contributed by atoms with Gasteiger partial charge < -0.3 is 14.2 Å². The van der Waals surface area contributed by atoms with Gasteiger partial charge in [-0.2, -0.15) is 0 Å². The molecule has 0 aromatic heterocycles. The molecule has 2 saturated heterocycles. The lowest BCUT2D eigenvalue weighted by atomic mass is 9.50. The normalized spacial score (nSPS) is 44.8. The minimum absolute atomic E-state index is 0.123. The Morgan fingerprint density at radius 2 is 1.83 bits per heavy atom. The summed E-state index contributed by atoms with van der Waals surface area (Å²) in [5.74, 6) is -1.67. The third kappa shape index (κ3) is 1.60. The first kappa shape index (κ1) is 16.4. The molecule has 1 aliphatic carbocycles. The highest BCUT2D eigenvalue weighted by atomic mass is 16.6. The Morgan fingerprint density at radius 3 is 2.43 bits per heavy atom. The summed E-state index contributed by atoms with van der Waals surface area (Å²) in [6, 6.07) is 0. The SMILES string of the molecule is CCOC(=O)[C@]12O[C@@]3(CCCC[C@]3(C)C1=O)C[C@]2(C)C(=O)OC. The first-order valence-electron chi connectivity index (χ1n) is 8.25. The molecule has 0 radical (unpaired) electrons. The topological polar surface area (TPSA) is 78.9 Å². The molecule has 3 rings (SSSR count). The zero-order chi connectivity index (χ0) is 17.1. The van der Waals surface area contributed by atoms with Gasteiger partial charge in [0.15, 0.2) is 5.78 Å². The molecule has 0 amide bonds. The van der Waals surface area contributed by atoms with Crippen LogP contribution < -0.4 is 0 Å². The van der Waals surface area contributed by atoms with Crippen LogP contribution in [-0.2, 0) is 28.6 Å². The maximum atomic E-state index is 13.4. The van der Waals surface area contributed by atoms with Crippen molar-refractivity contribution in [1.82, 2.24) is 0 Å². The van der Waals surface area contributed by atoms with E-state index in [1.54, 1.807) is 13.8 Å². The average Bonchev–Trinajstić information content (AvgIpc) is 2.91. The predicted octanol–water partition coefficient (Wildman–Crippen LogP) is 1.79. The van der Waals surface area contributed by atoms with Gasteiger partial charge in [0.2, 0.25) is 5.60 Å². The molecule has 2 aliphatic heterocycles. The van der Waals surface area contributed by atoms with E-state index in [1.807, 2.05) is 6.92 Å². The van der Waals surface area contributed by atoms with Crippen molar-refractivity contribution in [3.63, 3.8) is 0 Å². The van der Waals surface area contributed by atoms with Crippen molar-refractivity contribution >= 4 is 17.7 Å². The standard InChI is InChI=1S/C17H24O6/c1-5-22-13(20)17-11(18)14(2)8-6-7-9-16(14,23-17)10-15(17,3)12(19)21-4/h5-10H2,1-4H3/t14-,15-,16+,17-/m1/s1. The lowest BCUT2D eigenvalue weighted by Gasteiger charge is -2.48. The highest BCUT2D eigenvalue weighted by molar-refractivity contribution is 6.17. The maximum absolute atomic E-state index is 13.4. The molecule has 3 fully saturated rings. The van der Waals surface area contributed by atoms with Gasteiger partial charge in [0, 0.05) is 0 Å². The van der Waals surface area contributed by atoms with Crippen LogP contribution in [0.15, 0.2) is 0 Å². The fourth-order valence-corrected chi connectivity index (χ4v) is 5.02. The highest BCUT2D eigenvalue weighted by Crippen LogP contribution is 2.70. The third-order valence-corrected chi connectivity index (χ3v) is 6.30. The molecular weight excluding hydrogens is 300 g/mol. The summed E-state index contributed by atoms with van der Waals surface area (Å²) >= 11 is 0. The van der Waals surface area contributed by atoms with E-state index in [9.17, 15) is 14.4 Å². The Balaban J connectivity index is 2.19. The molecule has 128 valence electrons. The summed E-state index contributed by atoms with van der Waals surface area (Å²) in [6.07, 6.45) is 3.49. The smallest absolute Gasteiger partial charge is 0.347 e. The second kappa shape index (κ2) is 4.79. The predicted molar refractivity (Wildman–Crippen MR) is 79.5 cm³/mol. The van der Waals surface area contributed by atoms with Crippen LogP contribution in [0.4, 0.5) is 0 Å². The minimum atomic E-state index is -1.88. The fourth-order valence-electron chi connectivity index (χ4n) is 5.02. The third-order valence-electron chi connectivity index (χ3n) is 6.30. The van der Waals surface area contributed by atoms with E-state index in [0.717, 1.165) is 12.8 Å². The van der Waals surface area contributed by atoms with Crippen molar-refractivity contribution in [2.45, 2.75) is 64.1 Å². The molecule has 0 aromatic rings. The lowest BCUT2D eigenvalue weighted by Crippen LogP contribution is -2.65. The van der Waals surface area contributed by atoms with Crippen molar-refractivity contribution in [2.75, 3.05) is 13.7 Å². The van der Waals surface area contributed by atoms with Crippen LogP contribution in [0, 0.1) is 10.8 Å². The van der Waals surface area contributed by atoms with Crippen LogP contribution in [0.5, 0.6) is 0 Å². The maximum Gasteiger partial charge on any atom is 0.347 e. The van der Waals surface area contributed by atoms with E-state index in [2.05, 4.69) is 0 Å². The van der Waals surface area contributed by atoms with Gasteiger partial charge in [-0.05, 0) is 40.0 Å². The van der Waals surface area contributed by atoms with Crippen LogP contribution in [0.3, 0.4) is 0 Å². The van der Waals surface area contributed by atoms with Crippen LogP contribution in [-0.4, -0.2) is 42.6 Å². The Morgan fingerprint density at radius 1 is 1.17 bits per heavy atom. The minimum Gasteiger partial charge on any atom is -0.468 e. The van der Waals surface area contributed by atoms with Gasteiger partial charge in [-0.15, -0.1) is 0 Å². The Labute approximate surface area is 135 Å². The van der Waals surface area contributed by atoms with E-state index >= 15 is 0 Å². The van der Waals surface area contributed by atoms with Crippen molar-refractivity contribution < 1.29 is 28.6 Å². The van der Waals surface area contributed by atoms with Crippen molar-refractivity contribution in [1.29, 1.82) is 0 Å². The summed E-state index contributed by atoms with van der Waals surface area (Å²) in [4.78, 5) is 38.6. The number of esters is 2. The number of ketones is 1. The van der Waals surface area contributed by atoms with Crippen molar-refractivity contribution in [3.05, 3.63) is 0 Å². The van der Waals surface area contributed by atoms with Crippen LogP contribution in [0.2, 0.25) is 0 Å². The highest BCUT2D eigenvalue weighted by Gasteiger charge is 2.86. The van der Waals surface area contributed by atoms with E-state index < -0.39 is 34.0 Å². The fraction of sp³-hybridized carbons (Fsp3) is 0.824. The quantitative estimate of drug-likeness (QED) is 0.582. The molecule has 0 N–H and O–H groups in total. The molecule has 1 spiro atoms. The van der Waals surface area contributed by atoms with E-state index in [-0.39, 0.29) is 12.4 Å². The molecular formula is C17H24O6. The molecule has 1 saturated carbocycles. The molecule has 6 nitrogen and oxygen atoms in total. The zero-order valence-electron chi connectivity index (χ0n) is 14.2. The van der Waals surface area contributed by atoms with Gasteiger partial charge in [0.1, 0.15) is 5.41 Å². The van der Waals surface area contributed by atoms with Crippen molar-refractivity contribution in [2.24, 2.45) is 10.8 Å². The summed E-state index contributed by atoms with van der Waals surface area (Å²) in [5, 5.41) is 0. The van der Waals surface area contributed by atoms with Gasteiger partial charge in [-0.3, -0.25) is 9.59 Å². The van der Waals surface area contributed by atoms with Gasteiger partial charge >= 0.3 is 11.9 Å². The molecule has 4 atom stereocenters. The lowest BCUT2D eigenvalue weighted by molar-refractivity contribution is -0.188. The van der Waals surface area contributed by atoms with Gasteiger partial charge in [-0.1, -0.05) is 12.8 Å². The zero-order valence-corrected chi connectivity index (χ0v) is 14.2. The first-order valence-corrected chi connectivity index (χ1v) is 8.25. The molecule has 6 heteroatoms.